The predicted molar refractivity (Wildman–Crippen MR) is 56.0 cm³/mol. The highest BCUT2D eigenvalue weighted by Gasteiger charge is 2.00. The molecule has 0 amide bonds. The van der Waals surface area contributed by atoms with Crippen LogP contribution in [0.1, 0.15) is 19.8 Å². The van der Waals surface area contributed by atoms with Gasteiger partial charge in [-0.25, -0.2) is 4.98 Å². The van der Waals surface area contributed by atoms with Gasteiger partial charge in [-0.05, 0) is 26.3 Å². The van der Waals surface area contributed by atoms with Gasteiger partial charge in [-0.3, -0.25) is 0 Å². The van der Waals surface area contributed by atoms with E-state index in [1.165, 1.54) is 0 Å². The lowest BCUT2D eigenvalue weighted by atomic mass is 10.3. The summed E-state index contributed by atoms with van der Waals surface area (Å²) in [5.41, 5.74) is 0. The van der Waals surface area contributed by atoms with Gasteiger partial charge in [0.15, 0.2) is 0 Å². The fourth-order valence-electron chi connectivity index (χ4n) is 1.36. The Labute approximate surface area is 85.0 Å². The molecule has 2 N–H and O–H groups in total. The van der Waals surface area contributed by atoms with Crippen LogP contribution in [-0.4, -0.2) is 33.9 Å². The maximum atomic E-state index is 8.60. The van der Waals surface area contributed by atoms with E-state index < -0.39 is 0 Å². The Morgan fingerprint density at radius 1 is 1.50 bits per heavy atom. The third-order valence-electron chi connectivity index (χ3n) is 2.12. The number of imidazole rings is 1. The third-order valence-corrected chi connectivity index (χ3v) is 2.12. The Kier molecular flexibility index (Phi) is 5.25. The molecule has 0 spiro atoms. The molecule has 0 fully saturated rings. The molecule has 0 saturated heterocycles. The van der Waals surface area contributed by atoms with Crippen LogP contribution in [0.2, 0.25) is 0 Å². The summed E-state index contributed by atoms with van der Waals surface area (Å²) in [7, 11) is 0. The normalized spacial score (nSPS) is 13.0. The van der Waals surface area contributed by atoms with Crippen molar-refractivity contribution in [3.8, 4) is 0 Å². The van der Waals surface area contributed by atoms with Crippen molar-refractivity contribution < 1.29 is 5.11 Å². The molecule has 1 aromatic heterocycles. The Hall–Kier alpha value is -0.870. The van der Waals surface area contributed by atoms with Crippen LogP contribution in [0.15, 0.2) is 18.7 Å². The van der Waals surface area contributed by atoms with E-state index in [0.29, 0.717) is 6.04 Å². The molecule has 14 heavy (non-hydrogen) atoms. The molecule has 1 heterocycles. The van der Waals surface area contributed by atoms with Crippen LogP contribution >= 0.6 is 0 Å². The van der Waals surface area contributed by atoms with Crippen LogP contribution in [0.25, 0.3) is 0 Å². The van der Waals surface area contributed by atoms with E-state index >= 15 is 0 Å². The monoisotopic (exact) mass is 197 g/mol. The van der Waals surface area contributed by atoms with Crippen molar-refractivity contribution in [2.24, 2.45) is 0 Å². The molecule has 0 saturated carbocycles. The Morgan fingerprint density at radius 3 is 3.00 bits per heavy atom. The SMILES string of the molecule is CC(Cn1ccnc1)NCCCCO. The number of aromatic nitrogens is 2. The zero-order chi connectivity index (χ0) is 10.2. The highest BCUT2D eigenvalue weighted by Crippen LogP contribution is 1.92. The number of rotatable bonds is 7. The van der Waals surface area contributed by atoms with Crippen LogP contribution in [0, 0.1) is 0 Å². The van der Waals surface area contributed by atoms with Gasteiger partial charge in [-0.15, -0.1) is 0 Å². The van der Waals surface area contributed by atoms with E-state index in [1.807, 2.05) is 12.5 Å². The molecule has 1 unspecified atom stereocenters. The fraction of sp³-hybridized carbons (Fsp3) is 0.700. The van der Waals surface area contributed by atoms with E-state index in [9.17, 15) is 0 Å². The number of unbranched alkanes of at least 4 members (excludes halogenated alkanes) is 1. The molecule has 0 aromatic carbocycles. The lowest BCUT2D eigenvalue weighted by molar-refractivity contribution is 0.282. The number of hydrogen-bond acceptors (Lipinski definition) is 3. The quantitative estimate of drug-likeness (QED) is 0.630. The van der Waals surface area contributed by atoms with Crippen molar-refractivity contribution in [2.75, 3.05) is 13.2 Å². The summed E-state index contributed by atoms with van der Waals surface area (Å²) in [4.78, 5) is 3.99. The Morgan fingerprint density at radius 2 is 2.36 bits per heavy atom. The van der Waals surface area contributed by atoms with Crippen molar-refractivity contribution in [1.82, 2.24) is 14.9 Å². The summed E-state index contributed by atoms with van der Waals surface area (Å²) in [6, 6.07) is 0.447. The molecule has 0 bridgehead atoms. The lowest BCUT2D eigenvalue weighted by Gasteiger charge is -2.13. The minimum absolute atomic E-state index is 0.289. The molecule has 4 nitrogen and oxygen atoms in total. The number of aliphatic hydroxyl groups is 1. The first-order valence-electron chi connectivity index (χ1n) is 5.13. The first kappa shape index (κ1) is 11.2. The molecule has 4 heteroatoms. The zero-order valence-corrected chi connectivity index (χ0v) is 8.69. The first-order valence-corrected chi connectivity index (χ1v) is 5.13. The summed E-state index contributed by atoms with van der Waals surface area (Å²) >= 11 is 0. The van der Waals surface area contributed by atoms with Gasteiger partial charge in [-0.1, -0.05) is 0 Å². The van der Waals surface area contributed by atoms with Crippen LogP contribution in [-0.2, 0) is 6.54 Å². The van der Waals surface area contributed by atoms with Gasteiger partial charge in [0.2, 0.25) is 0 Å². The van der Waals surface area contributed by atoms with E-state index in [1.54, 1.807) is 6.20 Å². The summed E-state index contributed by atoms with van der Waals surface area (Å²) < 4.78 is 2.06. The maximum Gasteiger partial charge on any atom is 0.0946 e. The van der Waals surface area contributed by atoms with E-state index in [4.69, 9.17) is 5.11 Å². The number of aliphatic hydroxyl groups excluding tert-OH is 1. The van der Waals surface area contributed by atoms with Gasteiger partial charge < -0.3 is 15.0 Å². The molecule has 1 aromatic rings. The van der Waals surface area contributed by atoms with Gasteiger partial charge in [0.1, 0.15) is 0 Å². The second-order valence-electron chi connectivity index (χ2n) is 3.55. The topological polar surface area (TPSA) is 50.1 Å². The summed E-state index contributed by atoms with van der Waals surface area (Å²) in [6.07, 6.45) is 7.49. The van der Waals surface area contributed by atoms with Gasteiger partial charge in [0.25, 0.3) is 0 Å². The predicted octanol–water partition coefficient (Wildman–Crippen LogP) is 0.634. The summed E-state index contributed by atoms with van der Waals surface area (Å²) in [6.45, 7) is 4.35. The maximum absolute atomic E-state index is 8.60. The van der Waals surface area contributed by atoms with Crippen LogP contribution in [0.3, 0.4) is 0 Å². The van der Waals surface area contributed by atoms with Gasteiger partial charge >= 0.3 is 0 Å². The minimum Gasteiger partial charge on any atom is -0.396 e. The Balaban J connectivity index is 2.07. The molecule has 80 valence electrons. The summed E-state index contributed by atoms with van der Waals surface area (Å²) in [5.74, 6) is 0. The van der Waals surface area contributed by atoms with Crippen molar-refractivity contribution in [2.45, 2.75) is 32.4 Å². The second kappa shape index (κ2) is 6.56. The summed E-state index contributed by atoms with van der Waals surface area (Å²) in [5, 5.41) is 12.0. The smallest absolute Gasteiger partial charge is 0.0946 e. The van der Waals surface area contributed by atoms with Crippen molar-refractivity contribution in [1.29, 1.82) is 0 Å². The standard InChI is InChI=1S/C10H19N3O/c1-10(12-4-2-3-7-14)8-13-6-5-11-9-13/h5-6,9-10,12,14H,2-4,7-8H2,1H3. The molecular weight excluding hydrogens is 178 g/mol. The largest absolute Gasteiger partial charge is 0.396 e. The van der Waals surface area contributed by atoms with Crippen molar-refractivity contribution >= 4 is 0 Å². The van der Waals surface area contributed by atoms with Crippen LogP contribution in [0.4, 0.5) is 0 Å². The average molecular weight is 197 g/mol. The third kappa shape index (κ3) is 4.39. The van der Waals surface area contributed by atoms with Gasteiger partial charge in [-0.2, -0.15) is 0 Å². The number of nitrogens with zero attached hydrogens (tertiary/aromatic N) is 2. The second-order valence-corrected chi connectivity index (χ2v) is 3.55. The van der Waals surface area contributed by atoms with Crippen LogP contribution in [0.5, 0.6) is 0 Å². The van der Waals surface area contributed by atoms with E-state index in [0.717, 1.165) is 25.9 Å². The highest BCUT2D eigenvalue weighted by molar-refractivity contribution is 4.76. The molecule has 0 aliphatic rings. The van der Waals surface area contributed by atoms with Gasteiger partial charge in [0.05, 0.1) is 6.33 Å². The van der Waals surface area contributed by atoms with Crippen molar-refractivity contribution in [3.05, 3.63) is 18.7 Å². The average Bonchev–Trinajstić information content (AvgIpc) is 2.65. The zero-order valence-electron chi connectivity index (χ0n) is 8.69. The van der Waals surface area contributed by atoms with Gasteiger partial charge in [0, 0.05) is 31.6 Å². The highest BCUT2D eigenvalue weighted by atomic mass is 16.2. The van der Waals surface area contributed by atoms with E-state index in [2.05, 4.69) is 21.8 Å². The first-order chi connectivity index (χ1) is 6.83. The molecule has 1 atom stereocenters. The minimum atomic E-state index is 0.289. The number of hydrogen-bond donors (Lipinski definition) is 2. The fourth-order valence-corrected chi connectivity index (χ4v) is 1.36. The molecule has 0 aliphatic heterocycles. The van der Waals surface area contributed by atoms with E-state index in [-0.39, 0.29) is 6.61 Å². The molecule has 0 aliphatic carbocycles. The molecular formula is C10H19N3O. The Bertz CT molecular complexity index is 223. The number of nitrogens with one attached hydrogen (secondary N) is 1. The lowest BCUT2D eigenvalue weighted by Crippen LogP contribution is -2.30. The van der Waals surface area contributed by atoms with Crippen LogP contribution < -0.4 is 5.32 Å². The molecule has 1 rings (SSSR count). The molecule has 0 radical (unpaired) electrons. The van der Waals surface area contributed by atoms with Crippen molar-refractivity contribution in [3.63, 3.8) is 0 Å².